The third-order valence-electron chi connectivity index (χ3n) is 8.56. The van der Waals surface area contributed by atoms with Gasteiger partial charge in [-0.05, 0) is 113 Å². The van der Waals surface area contributed by atoms with Crippen molar-refractivity contribution in [3.8, 4) is 67.5 Å². The molecule has 0 radical (unpaired) electrons. The maximum absolute atomic E-state index is 10.2. The van der Waals surface area contributed by atoms with Gasteiger partial charge in [0.25, 0.3) is 0 Å². The predicted octanol–water partition coefficient (Wildman–Crippen LogP) is 14.5. The van der Waals surface area contributed by atoms with Crippen molar-refractivity contribution < 1.29 is 48.0 Å². The zero-order valence-electron chi connectivity index (χ0n) is 63.8. The van der Waals surface area contributed by atoms with Crippen molar-refractivity contribution in [2.45, 2.75) is 0 Å². The zero-order valence-corrected chi connectivity index (χ0v) is 28.8. The van der Waals surface area contributed by atoms with E-state index in [1.165, 1.54) is 0 Å². The van der Waals surface area contributed by atoms with E-state index in [1.54, 1.807) is 0 Å². The van der Waals surface area contributed by atoms with Gasteiger partial charge in [-0.1, -0.05) is 175 Å². The number of fused-ring (bicyclic) bond motifs is 4. The highest BCUT2D eigenvalue weighted by Gasteiger charge is 2.17. The van der Waals surface area contributed by atoms with Gasteiger partial charge in [0.05, 0.1) is 48.0 Å². The molecule has 10 aromatic carbocycles. The van der Waals surface area contributed by atoms with Gasteiger partial charge < -0.3 is 0 Å². The first kappa shape index (κ1) is 13.4. The summed E-state index contributed by atoms with van der Waals surface area (Å²) in [4.78, 5) is 13.3. The summed E-state index contributed by atoms with van der Waals surface area (Å²) < 4.78 is 316. The third kappa shape index (κ3) is 6.16. The van der Waals surface area contributed by atoms with E-state index in [-0.39, 0.29) is 0 Å². The van der Waals surface area contributed by atoms with Crippen LogP contribution in [-0.4, -0.2) is 15.0 Å². The van der Waals surface area contributed by atoms with Gasteiger partial charge in [0, 0.05) is 16.7 Å². The molecule has 0 bridgehead atoms. The summed E-state index contributed by atoms with van der Waals surface area (Å²) in [5, 5.41) is -6.09. The van der Waals surface area contributed by atoms with Crippen LogP contribution in [0.4, 0.5) is 0 Å². The van der Waals surface area contributed by atoms with Crippen LogP contribution >= 0.6 is 0 Å². The van der Waals surface area contributed by atoms with Gasteiger partial charge in [0.2, 0.25) is 0 Å². The highest BCUT2D eigenvalue weighted by Crippen LogP contribution is 2.38. The molecule has 0 fully saturated rings. The van der Waals surface area contributed by atoms with Gasteiger partial charge in [-0.25, -0.2) is 15.0 Å². The van der Waals surface area contributed by atoms with Crippen molar-refractivity contribution >= 4 is 43.1 Å². The molecule has 11 rings (SSSR count). The summed E-state index contributed by atoms with van der Waals surface area (Å²) in [6, 6.07) is -35.9. The quantitative estimate of drug-likeness (QED) is 0.169. The molecule has 0 atom stereocenters. The molecule has 11 aromatic rings. The lowest BCUT2D eigenvalue weighted by molar-refractivity contribution is 1.08. The largest absolute Gasteiger partial charge is 0.208 e. The second-order valence-electron chi connectivity index (χ2n) is 12.1. The van der Waals surface area contributed by atoms with Crippen molar-refractivity contribution in [3.05, 3.63) is 211 Å². The minimum Gasteiger partial charge on any atom is -0.208 e. The molecule has 0 saturated carbocycles. The van der Waals surface area contributed by atoms with Gasteiger partial charge in [-0.15, -0.1) is 0 Å². The molecule has 1 aromatic heterocycles. The molecule has 0 unspecified atom stereocenters. The van der Waals surface area contributed by atoms with Crippen LogP contribution in [0.5, 0.6) is 0 Å². The lowest BCUT2D eigenvalue weighted by Crippen LogP contribution is -2.01. The average Bonchev–Trinajstić information content (AvgIpc) is 0.716. The Morgan fingerprint density at radius 3 is 1.41 bits per heavy atom. The highest BCUT2D eigenvalue weighted by atomic mass is 15.0. The lowest BCUT2D eigenvalue weighted by atomic mass is 9.92. The first-order valence-electron chi connectivity index (χ1n) is 34.3. The summed E-state index contributed by atoms with van der Waals surface area (Å²) >= 11 is 0. The summed E-state index contributed by atoms with van der Waals surface area (Å²) in [6.07, 6.45) is 0. The van der Waals surface area contributed by atoms with Crippen molar-refractivity contribution in [1.29, 1.82) is 0 Å². The van der Waals surface area contributed by atoms with E-state index in [9.17, 15) is 19.2 Å². The molecular formula is C55H35N3. The number of hydrogen-bond acceptors (Lipinski definition) is 3. The summed E-state index contributed by atoms with van der Waals surface area (Å²) in [5.41, 5.74) is -8.70. The number of rotatable bonds is 6. The Hall–Kier alpha value is -7.75. The Labute approximate surface area is 385 Å². The molecule has 3 heteroatoms. The highest BCUT2D eigenvalue weighted by molar-refractivity contribution is 5.99. The Bertz CT molecular complexity index is 5350. The monoisotopic (exact) mass is 773 g/mol. The van der Waals surface area contributed by atoms with Crippen LogP contribution < -0.4 is 0 Å². The van der Waals surface area contributed by atoms with Gasteiger partial charge in [-0.2, -0.15) is 0 Å². The van der Waals surface area contributed by atoms with E-state index in [0.717, 1.165) is 0 Å². The first-order chi connectivity index (χ1) is 43.3. The van der Waals surface area contributed by atoms with Gasteiger partial charge in [0.1, 0.15) is 0 Å². The molecule has 3 nitrogen and oxygen atoms in total. The second-order valence-corrected chi connectivity index (χ2v) is 12.1. The Balaban J connectivity index is 1.40. The van der Waals surface area contributed by atoms with Crippen LogP contribution in [0.15, 0.2) is 211 Å². The Morgan fingerprint density at radius 1 is 0.241 bits per heavy atom. The van der Waals surface area contributed by atoms with Gasteiger partial charge in [-0.3, -0.25) is 0 Å². The van der Waals surface area contributed by atoms with Crippen LogP contribution in [0, 0.1) is 0 Å². The molecule has 0 spiro atoms. The van der Waals surface area contributed by atoms with Gasteiger partial charge in [0.15, 0.2) is 17.5 Å². The molecule has 1 heterocycles. The van der Waals surface area contributed by atoms with E-state index < -0.39 is 322 Å². The topological polar surface area (TPSA) is 38.7 Å². The average molecular weight is 773 g/mol. The predicted molar refractivity (Wildman–Crippen MR) is 242 cm³/mol. The summed E-state index contributed by atoms with van der Waals surface area (Å²) in [7, 11) is 0. The fourth-order valence-corrected chi connectivity index (χ4v) is 5.92. The SMILES string of the molecule is [2H]c1c([2H])c([2H])c(-c2c([2H])c([2H])c3c([2H])c(-c4c([2H])c(-c5nc(-c6c([2H])c([2H])c7c([2H])c([2H])c([2H])c([2H])c7c6[2H])nc(-c6c([2H])c([2H])c([2H])c7c([2H])c([2H])c([2H])c([2H])c67)n5)c([2H])c(-c5c([2H])c([2H])c([2H])c6c([2H])c([2H])c([2H])c([2H])c56)c4[2H])c([2H])c([2H])c3c2[2H])c([2H])c1[2H]. The van der Waals surface area contributed by atoms with Gasteiger partial charge >= 0.3 is 0 Å². The standard InChI is InChI=1S/C55H35N3/c1-2-12-36(13-3-1)41-25-26-43-31-44(28-27-42(43)30-41)46-33-47(51-22-10-18-38-15-6-8-20-49(38)51)35-48(34-46)54-56-53(45-29-24-37-14-4-5-17-40(37)32-45)57-55(58-54)52-23-11-19-39-16-7-9-21-50(39)52/h1-35H/i1D,2D,3D,4D,5D,6D,7D,8D,9D,10D,11D,12D,13D,14D,15D,16D,17D,18D,19D,20D,21D,22D,23D,24D,25D,26D,27D,28D,29D,30D,31D,32D,33D,34D,35D. The normalized spacial score (nSPS) is 19.9. The fraction of sp³-hybridized carbons (Fsp3) is 0. The fourth-order valence-electron chi connectivity index (χ4n) is 5.92. The van der Waals surface area contributed by atoms with Crippen LogP contribution in [0.1, 0.15) is 48.0 Å². The van der Waals surface area contributed by atoms with Crippen LogP contribution in [-0.2, 0) is 0 Å². The number of aromatic nitrogens is 3. The Kier molecular flexibility index (Phi) is 3.26. The number of benzene rings is 10. The molecular weight excluding hydrogens is 703 g/mol. The lowest BCUT2D eigenvalue weighted by Gasteiger charge is -2.15. The molecule has 0 aliphatic heterocycles. The third-order valence-corrected chi connectivity index (χ3v) is 8.56. The van der Waals surface area contributed by atoms with Crippen LogP contribution in [0.3, 0.4) is 0 Å². The van der Waals surface area contributed by atoms with Crippen molar-refractivity contribution in [2.75, 3.05) is 0 Å². The molecule has 0 aliphatic rings. The molecule has 0 aliphatic carbocycles. The van der Waals surface area contributed by atoms with Crippen molar-refractivity contribution in [1.82, 2.24) is 15.0 Å². The molecule has 270 valence electrons. The summed E-state index contributed by atoms with van der Waals surface area (Å²) in [6.45, 7) is 0. The van der Waals surface area contributed by atoms with Crippen molar-refractivity contribution in [3.63, 3.8) is 0 Å². The van der Waals surface area contributed by atoms with Crippen molar-refractivity contribution in [2.24, 2.45) is 0 Å². The molecule has 58 heavy (non-hydrogen) atoms. The first-order valence-corrected chi connectivity index (χ1v) is 16.8. The van der Waals surface area contributed by atoms with E-state index in [1.807, 2.05) is 0 Å². The number of nitrogens with zero attached hydrogens (tertiary/aromatic N) is 3. The van der Waals surface area contributed by atoms with Crippen LogP contribution in [0.25, 0.3) is 111 Å². The maximum Gasteiger partial charge on any atom is 0.164 e. The minimum absolute atomic E-state index is 0.654. The number of hydrogen-bond donors (Lipinski definition) is 0. The molecule has 0 N–H and O–H groups in total. The Morgan fingerprint density at radius 2 is 0.690 bits per heavy atom. The van der Waals surface area contributed by atoms with E-state index >= 15 is 0 Å². The zero-order chi connectivity index (χ0) is 68.9. The summed E-state index contributed by atoms with van der Waals surface area (Å²) in [5.74, 6) is -3.23. The van der Waals surface area contributed by atoms with E-state index in [0.29, 0.717) is 0 Å². The molecule has 0 saturated heterocycles. The maximum atomic E-state index is 10.2. The van der Waals surface area contributed by atoms with E-state index in [2.05, 4.69) is 15.0 Å². The molecule has 0 amide bonds. The minimum atomic E-state index is -1.29. The smallest absolute Gasteiger partial charge is 0.164 e. The van der Waals surface area contributed by atoms with Crippen LogP contribution in [0.2, 0.25) is 0 Å². The van der Waals surface area contributed by atoms with E-state index in [4.69, 9.17) is 28.8 Å². The second kappa shape index (κ2) is 14.1.